The van der Waals surface area contributed by atoms with Crippen LogP contribution in [0.4, 0.5) is 0 Å². The van der Waals surface area contributed by atoms with E-state index in [0.717, 1.165) is 11.1 Å². The van der Waals surface area contributed by atoms with Crippen LogP contribution in [0.15, 0.2) is 12.1 Å². The Labute approximate surface area is 99.6 Å². The molecule has 0 atom stereocenters. The molecule has 3 nitrogen and oxygen atoms in total. The molecule has 0 aliphatic heterocycles. The summed E-state index contributed by atoms with van der Waals surface area (Å²) in [5.74, 6) is -0.172. The van der Waals surface area contributed by atoms with Gasteiger partial charge in [-0.3, -0.25) is 0 Å². The van der Waals surface area contributed by atoms with Crippen LogP contribution in [0.1, 0.15) is 34.0 Å². The smallest absolute Gasteiger partial charge is 0.339 e. The summed E-state index contributed by atoms with van der Waals surface area (Å²) < 4.78 is 4.88. The summed E-state index contributed by atoms with van der Waals surface area (Å²) in [5, 5.41) is 8.93. The second-order valence-electron chi connectivity index (χ2n) is 3.29. The van der Waals surface area contributed by atoms with Crippen molar-refractivity contribution in [3.05, 3.63) is 34.4 Å². The molecule has 0 heterocycles. The second kappa shape index (κ2) is 5.53. The van der Waals surface area contributed by atoms with E-state index >= 15 is 0 Å². The van der Waals surface area contributed by atoms with Crippen LogP contribution in [-0.2, 0) is 10.6 Å². The maximum absolute atomic E-state index is 11.6. The predicted octanol–water partition coefficient (Wildman–Crippen LogP) is 2.78. The van der Waals surface area contributed by atoms with Gasteiger partial charge in [-0.25, -0.2) is 4.79 Å². The molecule has 0 fully saturated rings. The lowest BCUT2D eigenvalue weighted by Crippen LogP contribution is -2.08. The van der Waals surface area contributed by atoms with Crippen molar-refractivity contribution in [3.8, 4) is 6.07 Å². The number of aryl methyl sites for hydroxylation is 1. The third-order valence-electron chi connectivity index (χ3n) is 2.24. The Kier molecular flexibility index (Phi) is 4.33. The number of nitriles is 1. The average Bonchev–Trinajstić information content (AvgIpc) is 2.28. The van der Waals surface area contributed by atoms with Crippen LogP contribution in [0.2, 0.25) is 0 Å². The number of hydrogen-bond acceptors (Lipinski definition) is 3. The summed E-state index contributed by atoms with van der Waals surface area (Å²) in [6.07, 6.45) is 0. The Hall–Kier alpha value is -1.53. The fraction of sp³-hybridized carbons (Fsp3) is 0.333. The lowest BCUT2D eigenvalue weighted by molar-refractivity contribution is 0.0526. The molecule has 0 aromatic heterocycles. The molecule has 1 rings (SSSR count). The zero-order valence-corrected chi connectivity index (χ0v) is 9.97. The Bertz CT molecular complexity index is 449. The number of carbonyl (C=O) groups excluding carboxylic acids is 1. The largest absolute Gasteiger partial charge is 0.462 e. The van der Waals surface area contributed by atoms with Gasteiger partial charge in [-0.2, -0.15) is 5.26 Å². The quantitative estimate of drug-likeness (QED) is 0.600. The molecule has 0 aliphatic carbocycles. The standard InChI is InChI=1S/C12H12ClNO2/c1-3-16-12(15)11-5-9(6-13)8(2)4-10(11)7-14/h4-5H,3,6H2,1-2H3. The highest BCUT2D eigenvalue weighted by molar-refractivity contribution is 6.17. The van der Waals surface area contributed by atoms with Crippen molar-refractivity contribution >= 4 is 17.6 Å². The monoisotopic (exact) mass is 237 g/mol. The molecule has 1 aromatic carbocycles. The van der Waals surface area contributed by atoms with Crippen LogP contribution in [0.25, 0.3) is 0 Å². The number of carbonyl (C=O) groups is 1. The van der Waals surface area contributed by atoms with Crippen LogP contribution >= 0.6 is 11.6 Å². The molecule has 16 heavy (non-hydrogen) atoms. The molecule has 0 amide bonds. The highest BCUT2D eigenvalue weighted by atomic mass is 35.5. The Morgan fingerprint density at radius 2 is 2.25 bits per heavy atom. The Morgan fingerprint density at radius 1 is 1.56 bits per heavy atom. The van der Waals surface area contributed by atoms with E-state index < -0.39 is 5.97 Å². The summed E-state index contributed by atoms with van der Waals surface area (Å²) in [7, 11) is 0. The van der Waals surface area contributed by atoms with Gasteiger partial charge in [0.05, 0.1) is 17.7 Å². The van der Waals surface area contributed by atoms with Crippen LogP contribution < -0.4 is 0 Å². The second-order valence-corrected chi connectivity index (χ2v) is 3.56. The maximum Gasteiger partial charge on any atom is 0.339 e. The number of halogens is 1. The molecule has 1 aromatic rings. The number of ether oxygens (including phenoxy) is 1. The molecule has 0 saturated heterocycles. The molecule has 0 spiro atoms. The fourth-order valence-electron chi connectivity index (χ4n) is 1.37. The van der Waals surface area contributed by atoms with Gasteiger partial charge in [0.15, 0.2) is 0 Å². The van der Waals surface area contributed by atoms with Crippen molar-refractivity contribution in [2.45, 2.75) is 19.7 Å². The minimum atomic E-state index is -0.481. The van der Waals surface area contributed by atoms with Crippen LogP contribution in [0, 0.1) is 18.3 Å². The summed E-state index contributed by atoms with van der Waals surface area (Å²) in [4.78, 5) is 11.6. The molecule has 0 radical (unpaired) electrons. The first kappa shape index (κ1) is 12.5. The molecule has 0 saturated carbocycles. The van der Waals surface area contributed by atoms with E-state index in [2.05, 4.69) is 0 Å². The highest BCUT2D eigenvalue weighted by Crippen LogP contribution is 2.18. The zero-order chi connectivity index (χ0) is 12.1. The van der Waals surface area contributed by atoms with Crippen LogP contribution in [0.5, 0.6) is 0 Å². The van der Waals surface area contributed by atoms with Gasteiger partial charge >= 0.3 is 5.97 Å². The number of rotatable bonds is 3. The normalized spacial score (nSPS) is 9.62. The third kappa shape index (κ3) is 2.53. The van der Waals surface area contributed by atoms with E-state index in [-0.39, 0.29) is 12.2 Å². The van der Waals surface area contributed by atoms with Crippen molar-refractivity contribution in [1.29, 1.82) is 5.26 Å². The number of alkyl halides is 1. The summed E-state index contributed by atoms with van der Waals surface area (Å²) in [6, 6.07) is 5.26. The van der Waals surface area contributed by atoms with Crippen LogP contribution in [-0.4, -0.2) is 12.6 Å². The first-order valence-electron chi connectivity index (χ1n) is 4.90. The molecular weight excluding hydrogens is 226 g/mol. The van der Waals surface area contributed by atoms with Crippen molar-refractivity contribution in [2.75, 3.05) is 6.61 Å². The SMILES string of the molecule is CCOC(=O)c1cc(CCl)c(C)cc1C#N. The van der Waals surface area contributed by atoms with E-state index in [1.54, 1.807) is 19.1 Å². The van der Waals surface area contributed by atoms with Crippen molar-refractivity contribution in [2.24, 2.45) is 0 Å². The van der Waals surface area contributed by atoms with E-state index in [1.807, 2.05) is 13.0 Å². The Balaban J connectivity index is 3.26. The molecule has 0 unspecified atom stereocenters. The summed E-state index contributed by atoms with van der Waals surface area (Å²) >= 11 is 5.75. The number of benzene rings is 1. The lowest BCUT2D eigenvalue weighted by Gasteiger charge is -2.08. The highest BCUT2D eigenvalue weighted by Gasteiger charge is 2.14. The number of nitrogens with zero attached hydrogens (tertiary/aromatic N) is 1. The molecular formula is C12H12ClNO2. The van der Waals surface area contributed by atoms with Gasteiger partial charge in [0.25, 0.3) is 0 Å². The van der Waals surface area contributed by atoms with Gasteiger partial charge in [0, 0.05) is 5.88 Å². The van der Waals surface area contributed by atoms with Crippen molar-refractivity contribution < 1.29 is 9.53 Å². The first-order chi connectivity index (χ1) is 7.63. The summed E-state index contributed by atoms with van der Waals surface area (Å²) in [6.45, 7) is 3.86. The number of esters is 1. The van der Waals surface area contributed by atoms with E-state index in [1.165, 1.54) is 0 Å². The topological polar surface area (TPSA) is 50.1 Å². The van der Waals surface area contributed by atoms with E-state index in [9.17, 15) is 4.79 Å². The van der Waals surface area contributed by atoms with Gasteiger partial charge in [-0.15, -0.1) is 11.6 Å². The first-order valence-corrected chi connectivity index (χ1v) is 5.44. The minimum absolute atomic E-state index is 0.283. The molecule has 4 heteroatoms. The molecule has 0 N–H and O–H groups in total. The third-order valence-corrected chi connectivity index (χ3v) is 2.52. The average molecular weight is 238 g/mol. The Morgan fingerprint density at radius 3 is 2.75 bits per heavy atom. The van der Waals surface area contributed by atoms with E-state index in [0.29, 0.717) is 11.4 Å². The molecule has 84 valence electrons. The minimum Gasteiger partial charge on any atom is -0.462 e. The maximum atomic E-state index is 11.6. The fourth-order valence-corrected chi connectivity index (χ4v) is 1.65. The van der Waals surface area contributed by atoms with Crippen LogP contribution in [0.3, 0.4) is 0 Å². The van der Waals surface area contributed by atoms with Gasteiger partial charge < -0.3 is 4.74 Å². The lowest BCUT2D eigenvalue weighted by atomic mass is 10.0. The van der Waals surface area contributed by atoms with Crippen molar-refractivity contribution in [3.63, 3.8) is 0 Å². The van der Waals surface area contributed by atoms with E-state index in [4.69, 9.17) is 21.6 Å². The van der Waals surface area contributed by atoms with Crippen molar-refractivity contribution in [1.82, 2.24) is 0 Å². The van der Waals surface area contributed by atoms with Gasteiger partial charge in [0.2, 0.25) is 0 Å². The molecule has 0 bridgehead atoms. The van der Waals surface area contributed by atoms with Gasteiger partial charge in [0.1, 0.15) is 6.07 Å². The number of hydrogen-bond donors (Lipinski definition) is 0. The van der Waals surface area contributed by atoms with Gasteiger partial charge in [-0.05, 0) is 37.1 Å². The zero-order valence-electron chi connectivity index (χ0n) is 9.21. The predicted molar refractivity (Wildman–Crippen MR) is 61.4 cm³/mol. The van der Waals surface area contributed by atoms with Gasteiger partial charge in [-0.1, -0.05) is 0 Å². The summed E-state index contributed by atoms with van der Waals surface area (Å²) in [5.41, 5.74) is 2.35. The molecule has 0 aliphatic rings.